The number of hydrogen-bond acceptors (Lipinski definition) is 4. The Hall–Kier alpha value is -1.69. The molecule has 0 amide bonds. The maximum Gasteiger partial charge on any atom is 0.264 e. The highest BCUT2D eigenvalue weighted by Gasteiger charge is 2.23. The normalized spacial score (nSPS) is 14.7. The SMILES string of the molecule is CCn1c(=O)c2c3c(sc2n2ncnc12)CCC3. The lowest BCUT2D eigenvalue weighted by atomic mass is 10.2. The van der Waals surface area contributed by atoms with Gasteiger partial charge in [-0.2, -0.15) is 14.6 Å². The zero-order valence-electron chi connectivity index (χ0n) is 10.0. The smallest absolute Gasteiger partial charge is 0.264 e. The molecule has 0 spiro atoms. The first-order valence-electron chi connectivity index (χ1n) is 6.18. The van der Waals surface area contributed by atoms with Crippen molar-refractivity contribution in [3.8, 4) is 0 Å². The van der Waals surface area contributed by atoms with E-state index in [1.54, 1.807) is 15.9 Å². The highest BCUT2D eigenvalue weighted by Crippen LogP contribution is 2.35. The summed E-state index contributed by atoms with van der Waals surface area (Å²) in [6.07, 6.45) is 4.80. The molecule has 18 heavy (non-hydrogen) atoms. The molecule has 1 aliphatic rings. The van der Waals surface area contributed by atoms with Gasteiger partial charge in [-0.05, 0) is 31.7 Å². The molecule has 0 atom stereocenters. The van der Waals surface area contributed by atoms with E-state index in [1.165, 1.54) is 16.8 Å². The third-order valence-corrected chi connectivity index (χ3v) is 4.91. The summed E-state index contributed by atoms with van der Waals surface area (Å²) in [5.41, 5.74) is 1.34. The topological polar surface area (TPSA) is 52.2 Å². The Morgan fingerprint density at radius 1 is 1.44 bits per heavy atom. The summed E-state index contributed by atoms with van der Waals surface area (Å²) in [5, 5.41) is 5.13. The lowest BCUT2D eigenvalue weighted by molar-refractivity contribution is 0.730. The Kier molecular flexibility index (Phi) is 1.94. The van der Waals surface area contributed by atoms with Crippen LogP contribution in [0.15, 0.2) is 11.1 Å². The van der Waals surface area contributed by atoms with Crippen LogP contribution in [0.25, 0.3) is 16.0 Å². The molecule has 0 aromatic carbocycles. The molecule has 3 heterocycles. The number of fused-ring (bicyclic) bond motifs is 5. The van der Waals surface area contributed by atoms with Gasteiger partial charge in [0.15, 0.2) is 0 Å². The Morgan fingerprint density at radius 3 is 3.17 bits per heavy atom. The first kappa shape index (κ1) is 10.3. The molecule has 4 rings (SSSR count). The molecule has 6 heteroatoms. The molecule has 1 aliphatic carbocycles. The van der Waals surface area contributed by atoms with E-state index in [1.807, 2.05) is 11.4 Å². The number of hydrogen-bond donors (Lipinski definition) is 0. The minimum absolute atomic E-state index is 0.0902. The second-order valence-electron chi connectivity index (χ2n) is 4.56. The predicted molar refractivity (Wildman–Crippen MR) is 70.3 cm³/mol. The van der Waals surface area contributed by atoms with Crippen molar-refractivity contribution in [2.24, 2.45) is 0 Å². The van der Waals surface area contributed by atoms with Gasteiger partial charge in [-0.25, -0.2) is 0 Å². The van der Waals surface area contributed by atoms with Crippen LogP contribution < -0.4 is 5.56 Å². The summed E-state index contributed by atoms with van der Waals surface area (Å²) in [6, 6.07) is 0. The summed E-state index contributed by atoms with van der Waals surface area (Å²) in [4.78, 5) is 19.1. The van der Waals surface area contributed by atoms with Crippen molar-refractivity contribution >= 4 is 27.3 Å². The molecular weight excluding hydrogens is 248 g/mol. The molecule has 0 N–H and O–H groups in total. The monoisotopic (exact) mass is 260 g/mol. The first-order chi connectivity index (χ1) is 8.81. The third kappa shape index (κ3) is 1.09. The van der Waals surface area contributed by atoms with Gasteiger partial charge in [-0.1, -0.05) is 0 Å². The zero-order valence-corrected chi connectivity index (χ0v) is 10.8. The van der Waals surface area contributed by atoms with Gasteiger partial charge in [0.25, 0.3) is 5.56 Å². The van der Waals surface area contributed by atoms with Crippen LogP contribution in [0.5, 0.6) is 0 Å². The molecule has 0 aliphatic heterocycles. The van der Waals surface area contributed by atoms with Crippen LogP contribution in [0.1, 0.15) is 23.8 Å². The molecule has 3 aromatic rings. The minimum atomic E-state index is 0.0902. The van der Waals surface area contributed by atoms with Crippen molar-refractivity contribution in [1.29, 1.82) is 0 Å². The lowest BCUT2D eigenvalue weighted by Gasteiger charge is -2.05. The molecule has 0 fully saturated rings. The quantitative estimate of drug-likeness (QED) is 0.668. The molecule has 0 unspecified atom stereocenters. The van der Waals surface area contributed by atoms with Crippen molar-refractivity contribution < 1.29 is 0 Å². The van der Waals surface area contributed by atoms with Gasteiger partial charge in [0.05, 0.1) is 5.39 Å². The van der Waals surface area contributed by atoms with Crippen LogP contribution in [-0.4, -0.2) is 19.2 Å². The van der Waals surface area contributed by atoms with Crippen LogP contribution in [-0.2, 0) is 19.4 Å². The maximum absolute atomic E-state index is 12.6. The summed E-state index contributed by atoms with van der Waals surface area (Å²) in [7, 11) is 0. The standard InChI is InChI=1S/C12H12N4OS/c1-2-15-10(17)9-7-4-3-5-8(7)18-11(9)16-12(15)13-6-14-16/h6H,2-5H2,1H3. The number of aryl methyl sites for hydroxylation is 3. The Labute approximate surface area is 107 Å². The van der Waals surface area contributed by atoms with Crippen LogP contribution in [0.4, 0.5) is 0 Å². The fourth-order valence-electron chi connectivity index (χ4n) is 2.83. The largest absolute Gasteiger partial charge is 0.277 e. The van der Waals surface area contributed by atoms with E-state index in [0.29, 0.717) is 12.3 Å². The van der Waals surface area contributed by atoms with Crippen LogP contribution in [0, 0.1) is 0 Å². The number of aromatic nitrogens is 4. The molecule has 0 bridgehead atoms. The Balaban J connectivity index is 2.32. The van der Waals surface area contributed by atoms with Gasteiger partial charge in [0.1, 0.15) is 11.2 Å². The molecule has 0 radical (unpaired) electrons. The predicted octanol–water partition coefficient (Wildman–Crippen LogP) is 1.61. The summed E-state index contributed by atoms with van der Waals surface area (Å²) >= 11 is 1.70. The molecule has 5 nitrogen and oxygen atoms in total. The third-order valence-electron chi connectivity index (χ3n) is 3.64. The molecule has 0 saturated carbocycles. The molecule has 3 aromatic heterocycles. The first-order valence-corrected chi connectivity index (χ1v) is 6.99. The van der Waals surface area contributed by atoms with Gasteiger partial charge in [-0.3, -0.25) is 9.36 Å². The van der Waals surface area contributed by atoms with Crippen LogP contribution in [0.2, 0.25) is 0 Å². The maximum atomic E-state index is 12.6. The molecular formula is C12H12N4OS. The van der Waals surface area contributed by atoms with Gasteiger partial charge >= 0.3 is 0 Å². The van der Waals surface area contributed by atoms with Crippen molar-refractivity contribution in [3.63, 3.8) is 0 Å². The van der Waals surface area contributed by atoms with E-state index in [9.17, 15) is 4.79 Å². The van der Waals surface area contributed by atoms with E-state index >= 15 is 0 Å². The van der Waals surface area contributed by atoms with E-state index in [2.05, 4.69) is 10.1 Å². The van der Waals surface area contributed by atoms with Gasteiger partial charge in [0.2, 0.25) is 5.78 Å². The fourth-order valence-corrected chi connectivity index (χ4v) is 4.17. The fraction of sp³-hybridized carbons (Fsp3) is 0.417. The van der Waals surface area contributed by atoms with Gasteiger partial charge < -0.3 is 0 Å². The van der Waals surface area contributed by atoms with Crippen LogP contribution >= 0.6 is 11.3 Å². The van der Waals surface area contributed by atoms with Crippen LogP contribution in [0.3, 0.4) is 0 Å². The van der Waals surface area contributed by atoms with E-state index in [0.717, 1.165) is 29.5 Å². The van der Waals surface area contributed by atoms with E-state index in [-0.39, 0.29) is 5.56 Å². The molecule has 92 valence electrons. The number of nitrogens with zero attached hydrogens (tertiary/aromatic N) is 4. The van der Waals surface area contributed by atoms with Crippen molar-refractivity contribution in [1.82, 2.24) is 19.2 Å². The van der Waals surface area contributed by atoms with Gasteiger partial charge in [-0.15, -0.1) is 11.3 Å². The van der Waals surface area contributed by atoms with Crippen molar-refractivity contribution in [3.05, 3.63) is 27.1 Å². The van der Waals surface area contributed by atoms with Crippen molar-refractivity contribution in [2.45, 2.75) is 32.7 Å². The summed E-state index contributed by atoms with van der Waals surface area (Å²) in [5.74, 6) is 0.648. The number of thiophene rings is 1. The zero-order chi connectivity index (χ0) is 12.3. The summed E-state index contributed by atoms with van der Waals surface area (Å²) in [6.45, 7) is 2.59. The van der Waals surface area contributed by atoms with Gasteiger partial charge in [0, 0.05) is 11.4 Å². The second-order valence-corrected chi connectivity index (χ2v) is 5.64. The number of rotatable bonds is 1. The minimum Gasteiger partial charge on any atom is -0.277 e. The second kappa shape index (κ2) is 3.41. The van der Waals surface area contributed by atoms with E-state index in [4.69, 9.17) is 0 Å². The molecule has 0 saturated heterocycles. The average Bonchev–Trinajstić information content (AvgIpc) is 3.01. The lowest BCUT2D eigenvalue weighted by Crippen LogP contribution is -2.22. The van der Waals surface area contributed by atoms with Crippen molar-refractivity contribution in [2.75, 3.05) is 0 Å². The highest BCUT2D eigenvalue weighted by atomic mass is 32.1. The Bertz CT molecular complexity index is 826. The summed E-state index contributed by atoms with van der Waals surface area (Å²) < 4.78 is 3.52. The highest BCUT2D eigenvalue weighted by molar-refractivity contribution is 7.18. The van der Waals surface area contributed by atoms with E-state index < -0.39 is 0 Å². The average molecular weight is 260 g/mol. The Morgan fingerprint density at radius 2 is 2.33 bits per heavy atom.